The van der Waals surface area contributed by atoms with Gasteiger partial charge in [0.2, 0.25) is 0 Å². The molecule has 2 aromatic carbocycles. The number of hydrogen-bond donors (Lipinski definition) is 1. The lowest BCUT2D eigenvalue weighted by Crippen LogP contribution is -2.30. The average molecular weight is 379 g/mol. The fraction of sp³-hybridized carbons (Fsp3) is 0.190. The smallest absolute Gasteiger partial charge is 0.271 e. The van der Waals surface area contributed by atoms with E-state index in [1.54, 1.807) is 38.5 Å². The molecule has 0 spiro atoms. The van der Waals surface area contributed by atoms with E-state index in [4.69, 9.17) is 9.47 Å². The molecule has 0 aliphatic heterocycles. The summed E-state index contributed by atoms with van der Waals surface area (Å²) in [5.41, 5.74) is 1.48. The Morgan fingerprint density at radius 2 is 1.75 bits per heavy atom. The van der Waals surface area contributed by atoms with Gasteiger partial charge < -0.3 is 14.8 Å². The first-order valence-corrected chi connectivity index (χ1v) is 8.77. The minimum atomic E-state index is -0.342. The summed E-state index contributed by atoms with van der Waals surface area (Å²) in [6.45, 7) is 0.417. The summed E-state index contributed by atoms with van der Waals surface area (Å²) < 4.78 is 11.7. The van der Waals surface area contributed by atoms with Crippen LogP contribution in [-0.4, -0.2) is 36.5 Å². The molecule has 0 atom stereocenters. The van der Waals surface area contributed by atoms with Crippen molar-refractivity contribution in [1.82, 2.24) is 15.1 Å². The Morgan fingerprint density at radius 1 is 1.00 bits per heavy atom. The van der Waals surface area contributed by atoms with Crippen molar-refractivity contribution in [2.24, 2.45) is 0 Å². The molecule has 0 bridgehead atoms. The van der Waals surface area contributed by atoms with Crippen LogP contribution in [0.5, 0.6) is 11.5 Å². The fourth-order valence-corrected chi connectivity index (χ4v) is 2.73. The number of nitrogens with zero attached hydrogens (tertiary/aromatic N) is 2. The molecule has 0 aliphatic rings. The quantitative estimate of drug-likeness (QED) is 0.681. The first-order chi connectivity index (χ1) is 13.6. The molecular formula is C21H21N3O4. The van der Waals surface area contributed by atoms with Crippen LogP contribution in [0.4, 0.5) is 0 Å². The highest BCUT2D eigenvalue weighted by Gasteiger charge is 2.11. The lowest BCUT2D eigenvalue weighted by Gasteiger charge is -2.10. The van der Waals surface area contributed by atoms with Crippen LogP contribution in [0.3, 0.4) is 0 Å². The maximum atomic E-state index is 12.4. The fourth-order valence-electron chi connectivity index (χ4n) is 2.73. The van der Waals surface area contributed by atoms with Crippen molar-refractivity contribution in [2.75, 3.05) is 20.8 Å². The molecule has 3 aromatic rings. The van der Waals surface area contributed by atoms with Gasteiger partial charge in [-0.2, -0.15) is 9.78 Å². The third-order valence-corrected chi connectivity index (χ3v) is 4.18. The normalized spacial score (nSPS) is 10.4. The Labute approximate surface area is 162 Å². The van der Waals surface area contributed by atoms with E-state index < -0.39 is 0 Å². The molecular weight excluding hydrogens is 358 g/mol. The van der Waals surface area contributed by atoms with Gasteiger partial charge in [-0.25, -0.2) is 0 Å². The van der Waals surface area contributed by atoms with E-state index in [1.165, 1.54) is 16.8 Å². The predicted molar refractivity (Wildman–Crippen MR) is 105 cm³/mol. The molecule has 7 heteroatoms. The van der Waals surface area contributed by atoms with E-state index in [-0.39, 0.29) is 17.2 Å². The van der Waals surface area contributed by atoms with E-state index in [0.29, 0.717) is 30.2 Å². The molecule has 0 aliphatic carbocycles. The van der Waals surface area contributed by atoms with E-state index in [0.717, 1.165) is 5.56 Å². The Bertz CT molecular complexity index is 1020. The number of methoxy groups -OCH3 is 2. The molecule has 28 heavy (non-hydrogen) atoms. The molecule has 7 nitrogen and oxygen atoms in total. The van der Waals surface area contributed by atoms with Crippen LogP contribution < -0.4 is 20.3 Å². The van der Waals surface area contributed by atoms with Crippen LogP contribution in [-0.2, 0) is 6.42 Å². The van der Waals surface area contributed by atoms with Gasteiger partial charge in [0.05, 0.1) is 19.9 Å². The zero-order valence-electron chi connectivity index (χ0n) is 15.7. The van der Waals surface area contributed by atoms with Crippen molar-refractivity contribution in [3.8, 4) is 17.2 Å². The molecule has 0 fully saturated rings. The molecule has 0 saturated heterocycles. The average Bonchev–Trinajstić information content (AvgIpc) is 2.74. The number of carbonyl (C=O) groups is 1. The number of nitrogens with one attached hydrogen (secondary N) is 1. The van der Waals surface area contributed by atoms with Gasteiger partial charge in [-0.05, 0) is 42.3 Å². The number of amides is 1. The third kappa shape index (κ3) is 4.37. The van der Waals surface area contributed by atoms with Crippen molar-refractivity contribution in [3.05, 3.63) is 82.3 Å². The number of aromatic nitrogens is 2. The van der Waals surface area contributed by atoms with Gasteiger partial charge >= 0.3 is 0 Å². The van der Waals surface area contributed by atoms with E-state index in [9.17, 15) is 9.59 Å². The zero-order valence-corrected chi connectivity index (χ0v) is 15.7. The zero-order chi connectivity index (χ0) is 19.9. The molecule has 144 valence electrons. The minimum absolute atomic E-state index is 0.177. The van der Waals surface area contributed by atoms with Gasteiger partial charge in [-0.1, -0.05) is 24.3 Å². The first-order valence-electron chi connectivity index (χ1n) is 8.77. The second kappa shape index (κ2) is 8.85. The number of benzene rings is 2. The van der Waals surface area contributed by atoms with Gasteiger partial charge in [0.15, 0.2) is 11.5 Å². The highest BCUT2D eigenvalue weighted by Crippen LogP contribution is 2.27. The lowest BCUT2D eigenvalue weighted by molar-refractivity contribution is 0.0947. The standard InChI is InChI=1S/C21H21N3O4/c1-27-18-10-8-15(14-19(18)28-2)12-13-22-21(26)17-9-11-20(25)24(23-17)16-6-4-3-5-7-16/h3-11,14H,12-13H2,1-2H3,(H,22,26). The van der Waals surface area contributed by atoms with Crippen molar-refractivity contribution in [3.63, 3.8) is 0 Å². The molecule has 1 aromatic heterocycles. The van der Waals surface area contributed by atoms with E-state index in [1.807, 2.05) is 24.3 Å². The highest BCUT2D eigenvalue weighted by atomic mass is 16.5. The van der Waals surface area contributed by atoms with Gasteiger partial charge in [0.1, 0.15) is 5.69 Å². The summed E-state index contributed by atoms with van der Waals surface area (Å²) in [6.07, 6.45) is 0.615. The molecule has 0 unspecified atom stereocenters. The molecule has 1 heterocycles. The number of rotatable bonds is 7. The van der Waals surface area contributed by atoms with Crippen LogP contribution in [0, 0.1) is 0 Å². The van der Waals surface area contributed by atoms with Crippen LogP contribution >= 0.6 is 0 Å². The maximum Gasteiger partial charge on any atom is 0.271 e. The monoisotopic (exact) mass is 379 g/mol. The number of ether oxygens (including phenoxy) is 2. The van der Waals surface area contributed by atoms with Crippen molar-refractivity contribution < 1.29 is 14.3 Å². The van der Waals surface area contributed by atoms with Gasteiger partial charge in [-0.3, -0.25) is 9.59 Å². The summed E-state index contributed by atoms with van der Waals surface area (Å²) >= 11 is 0. The summed E-state index contributed by atoms with van der Waals surface area (Å²) in [4.78, 5) is 24.5. The summed E-state index contributed by atoms with van der Waals surface area (Å²) in [5.74, 6) is 0.954. The van der Waals surface area contributed by atoms with Gasteiger partial charge in [0, 0.05) is 12.6 Å². The summed E-state index contributed by atoms with van der Waals surface area (Å²) in [7, 11) is 3.16. The molecule has 1 amide bonds. The van der Waals surface area contributed by atoms with Gasteiger partial charge in [0.25, 0.3) is 11.5 Å². The van der Waals surface area contributed by atoms with Crippen molar-refractivity contribution in [2.45, 2.75) is 6.42 Å². The number of carbonyl (C=O) groups excluding carboxylic acids is 1. The van der Waals surface area contributed by atoms with Crippen molar-refractivity contribution in [1.29, 1.82) is 0 Å². The topological polar surface area (TPSA) is 82.5 Å². The summed E-state index contributed by atoms with van der Waals surface area (Å²) in [5, 5.41) is 7.00. The largest absolute Gasteiger partial charge is 0.493 e. The molecule has 0 radical (unpaired) electrons. The first kappa shape index (κ1) is 19.2. The Morgan fingerprint density at radius 3 is 2.46 bits per heavy atom. The molecule has 3 rings (SSSR count). The lowest BCUT2D eigenvalue weighted by atomic mass is 10.1. The van der Waals surface area contributed by atoms with Gasteiger partial charge in [-0.15, -0.1) is 0 Å². The molecule has 0 saturated carbocycles. The highest BCUT2D eigenvalue weighted by molar-refractivity contribution is 5.92. The molecule has 1 N–H and O–H groups in total. The Balaban J connectivity index is 1.67. The SMILES string of the molecule is COc1ccc(CCNC(=O)c2ccc(=O)n(-c3ccccc3)n2)cc1OC. The second-order valence-corrected chi connectivity index (χ2v) is 6.00. The van der Waals surface area contributed by atoms with Crippen LogP contribution in [0.1, 0.15) is 16.1 Å². The third-order valence-electron chi connectivity index (χ3n) is 4.18. The number of hydrogen-bond acceptors (Lipinski definition) is 5. The predicted octanol–water partition coefficient (Wildman–Crippen LogP) is 2.22. The van der Waals surface area contributed by atoms with Crippen LogP contribution in [0.2, 0.25) is 0 Å². The van der Waals surface area contributed by atoms with Crippen molar-refractivity contribution >= 4 is 5.91 Å². The van der Waals surface area contributed by atoms with E-state index in [2.05, 4.69) is 10.4 Å². The Hall–Kier alpha value is -3.61. The number of para-hydroxylation sites is 1. The van der Waals surface area contributed by atoms with Crippen LogP contribution in [0.15, 0.2) is 65.5 Å². The van der Waals surface area contributed by atoms with E-state index >= 15 is 0 Å². The second-order valence-electron chi connectivity index (χ2n) is 6.00. The summed E-state index contributed by atoms with van der Waals surface area (Å²) in [6, 6.07) is 17.3. The minimum Gasteiger partial charge on any atom is -0.493 e. The maximum absolute atomic E-state index is 12.4. The Kier molecular flexibility index (Phi) is 6.06. The van der Waals surface area contributed by atoms with Crippen LogP contribution in [0.25, 0.3) is 5.69 Å².